The number of hydrogen-bond acceptors (Lipinski definition) is 4. The number of carbonyl (C=O) groups excluding carboxylic acids is 2. The Labute approximate surface area is 213 Å². The Morgan fingerprint density at radius 3 is 2.42 bits per heavy atom. The van der Waals surface area contributed by atoms with Crippen LogP contribution in [0, 0.1) is 0 Å². The highest BCUT2D eigenvalue weighted by atomic mass is 35.5. The second-order valence-corrected chi connectivity index (χ2v) is 8.59. The number of pyridine rings is 2. The fourth-order valence-corrected chi connectivity index (χ4v) is 4.05. The summed E-state index contributed by atoms with van der Waals surface area (Å²) in [5.74, 6) is -0.558. The summed E-state index contributed by atoms with van der Waals surface area (Å²) in [5.41, 5.74) is 4.51. The van der Waals surface area contributed by atoms with E-state index in [9.17, 15) is 9.59 Å². The second kappa shape index (κ2) is 10.4. The van der Waals surface area contributed by atoms with Crippen LogP contribution in [-0.2, 0) is 6.54 Å². The van der Waals surface area contributed by atoms with E-state index in [2.05, 4.69) is 15.6 Å². The van der Waals surface area contributed by atoms with E-state index in [0.717, 1.165) is 11.1 Å². The van der Waals surface area contributed by atoms with Gasteiger partial charge in [0, 0.05) is 46.2 Å². The summed E-state index contributed by atoms with van der Waals surface area (Å²) >= 11 is 6.23. The average Bonchev–Trinajstić information content (AvgIpc) is 2.92. The summed E-state index contributed by atoms with van der Waals surface area (Å²) in [6.45, 7) is 0.414. The highest BCUT2D eigenvalue weighted by molar-refractivity contribution is 6.31. The number of benzene rings is 3. The van der Waals surface area contributed by atoms with Crippen molar-refractivity contribution in [1.82, 2.24) is 15.3 Å². The number of amides is 2. The molecule has 5 aromatic rings. The van der Waals surface area contributed by atoms with Crippen LogP contribution in [-0.4, -0.2) is 21.8 Å². The third kappa shape index (κ3) is 5.24. The van der Waals surface area contributed by atoms with Gasteiger partial charge in [-0.25, -0.2) is 4.98 Å². The van der Waals surface area contributed by atoms with E-state index in [0.29, 0.717) is 45.0 Å². The smallest absolute Gasteiger partial charge is 0.256 e. The molecule has 0 spiro atoms. The molecule has 0 fully saturated rings. The van der Waals surface area contributed by atoms with E-state index in [1.165, 1.54) is 0 Å². The normalized spacial score (nSPS) is 10.7. The Balaban J connectivity index is 1.41. The van der Waals surface area contributed by atoms with Gasteiger partial charge < -0.3 is 10.6 Å². The molecule has 0 saturated heterocycles. The monoisotopic (exact) mass is 492 g/mol. The first-order valence-electron chi connectivity index (χ1n) is 11.3. The van der Waals surface area contributed by atoms with Crippen LogP contribution in [0.1, 0.15) is 26.3 Å². The number of nitrogens with zero attached hydrogens (tertiary/aromatic N) is 2. The van der Waals surface area contributed by atoms with Crippen molar-refractivity contribution in [3.8, 4) is 11.3 Å². The van der Waals surface area contributed by atoms with E-state index in [4.69, 9.17) is 16.6 Å². The van der Waals surface area contributed by atoms with Crippen LogP contribution in [0.2, 0.25) is 5.02 Å². The fraction of sp³-hybridized carbons (Fsp3) is 0.0345. The number of nitrogens with one attached hydrogen (secondary N) is 2. The predicted molar refractivity (Wildman–Crippen MR) is 142 cm³/mol. The van der Waals surface area contributed by atoms with E-state index in [1.807, 2.05) is 42.5 Å². The van der Waals surface area contributed by atoms with Crippen LogP contribution >= 0.6 is 11.6 Å². The minimum absolute atomic E-state index is 0.226. The van der Waals surface area contributed by atoms with E-state index in [-0.39, 0.29) is 11.8 Å². The van der Waals surface area contributed by atoms with Crippen LogP contribution < -0.4 is 10.6 Å². The van der Waals surface area contributed by atoms with E-state index in [1.54, 1.807) is 60.9 Å². The molecule has 2 aromatic heterocycles. The molecular weight excluding hydrogens is 472 g/mol. The van der Waals surface area contributed by atoms with Crippen molar-refractivity contribution < 1.29 is 9.59 Å². The average molecular weight is 493 g/mol. The highest BCUT2D eigenvalue weighted by Crippen LogP contribution is 2.27. The Morgan fingerprint density at radius 2 is 1.61 bits per heavy atom. The molecule has 0 bridgehead atoms. The molecule has 176 valence electrons. The quantitative estimate of drug-likeness (QED) is 0.298. The molecule has 0 aliphatic rings. The van der Waals surface area contributed by atoms with Crippen LogP contribution in [0.4, 0.5) is 5.69 Å². The Kier molecular flexibility index (Phi) is 6.69. The minimum Gasteiger partial charge on any atom is -0.348 e. The van der Waals surface area contributed by atoms with Crippen molar-refractivity contribution in [2.75, 3.05) is 5.32 Å². The SMILES string of the molecule is O=C(NCc1ccccc1)c1cccc(NC(=O)c2cc(-c3ccncc3)nc3ccc(Cl)cc23)c1. The van der Waals surface area contributed by atoms with Crippen molar-refractivity contribution >= 4 is 40.0 Å². The number of hydrogen-bond donors (Lipinski definition) is 2. The third-order valence-electron chi connectivity index (χ3n) is 5.67. The van der Waals surface area contributed by atoms with Gasteiger partial charge in [0.2, 0.25) is 0 Å². The summed E-state index contributed by atoms with van der Waals surface area (Å²) < 4.78 is 0. The standard InChI is InChI=1S/C29H21ClN4O2/c30-22-9-10-26-24(16-22)25(17-27(34-26)20-11-13-31-14-12-20)29(36)33-23-8-4-7-21(15-23)28(35)32-18-19-5-2-1-3-6-19/h1-17H,18H2,(H,32,35)(H,33,36). The molecule has 6 nitrogen and oxygen atoms in total. The molecule has 36 heavy (non-hydrogen) atoms. The first-order valence-corrected chi connectivity index (χ1v) is 11.7. The number of anilines is 1. The zero-order valence-electron chi connectivity index (χ0n) is 19.1. The summed E-state index contributed by atoms with van der Waals surface area (Å²) in [4.78, 5) is 34.9. The Morgan fingerprint density at radius 1 is 0.806 bits per heavy atom. The number of aromatic nitrogens is 2. The van der Waals surface area contributed by atoms with Gasteiger partial charge in [-0.15, -0.1) is 0 Å². The number of fused-ring (bicyclic) bond motifs is 1. The topological polar surface area (TPSA) is 84.0 Å². The Bertz CT molecular complexity index is 1560. The summed E-state index contributed by atoms with van der Waals surface area (Å²) in [7, 11) is 0. The van der Waals surface area contributed by atoms with Gasteiger partial charge in [-0.3, -0.25) is 14.6 Å². The van der Waals surface area contributed by atoms with Crippen molar-refractivity contribution in [2.24, 2.45) is 0 Å². The molecule has 0 unspecified atom stereocenters. The van der Waals surface area contributed by atoms with Crippen molar-refractivity contribution in [3.63, 3.8) is 0 Å². The van der Waals surface area contributed by atoms with Crippen molar-refractivity contribution in [2.45, 2.75) is 6.54 Å². The van der Waals surface area contributed by atoms with Crippen LogP contribution in [0.5, 0.6) is 0 Å². The van der Waals surface area contributed by atoms with Crippen molar-refractivity contribution in [3.05, 3.63) is 125 Å². The number of halogens is 1. The molecular formula is C29H21ClN4O2. The molecule has 5 rings (SSSR count). The van der Waals surface area contributed by atoms with E-state index < -0.39 is 0 Å². The predicted octanol–water partition coefficient (Wildman–Crippen LogP) is 6.13. The Hall–Kier alpha value is -4.55. The van der Waals surface area contributed by atoms with Crippen LogP contribution in [0.25, 0.3) is 22.2 Å². The first-order chi connectivity index (χ1) is 17.6. The van der Waals surface area contributed by atoms with Gasteiger partial charge in [-0.2, -0.15) is 0 Å². The van der Waals surface area contributed by atoms with Gasteiger partial charge in [0.05, 0.1) is 16.8 Å². The molecule has 0 saturated carbocycles. The molecule has 2 heterocycles. The summed E-state index contributed by atoms with van der Waals surface area (Å²) in [5, 5.41) is 6.96. The number of carbonyl (C=O) groups is 2. The maximum absolute atomic E-state index is 13.4. The molecule has 2 N–H and O–H groups in total. The van der Waals surface area contributed by atoms with Gasteiger partial charge in [-0.05, 0) is 60.2 Å². The molecule has 0 atom stereocenters. The molecule has 0 aliphatic heterocycles. The number of rotatable bonds is 6. The largest absolute Gasteiger partial charge is 0.348 e. The third-order valence-corrected chi connectivity index (χ3v) is 5.91. The van der Waals surface area contributed by atoms with Gasteiger partial charge in [0.1, 0.15) is 0 Å². The molecule has 3 aromatic carbocycles. The maximum Gasteiger partial charge on any atom is 0.256 e. The zero-order chi connectivity index (χ0) is 24.9. The minimum atomic E-state index is -0.332. The van der Waals surface area contributed by atoms with Crippen molar-refractivity contribution in [1.29, 1.82) is 0 Å². The van der Waals surface area contributed by atoms with Crippen LogP contribution in [0.3, 0.4) is 0 Å². The molecule has 2 amide bonds. The molecule has 0 aliphatic carbocycles. The van der Waals surface area contributed by atoms with Gasteiger partial charge >= 0.3 is 0 Å². The van der Waals surface area contributed by atoms with Crippen LogP contribution in [0.15, 0.2) is 103 Å². The fourth-order valence-electron chi connectivity index (χ4n) is 3.87. The zero-order valence-corrected chi connectivity index (χ0v) is 19.9. The summed E-state index contributed by atoms with van der Waals surface area (Å²) in [6.07, 6.45) is 3.36. The van der Waals surface area contributed by atoms with Gasteiger partial charge in [-0.1, -0.05) is 48.0 Å². The second-order valence-electron chi connectivity index (χ2n) is 8.16. The lowest BCUT2D eigenvalue weighted by Gasteiger charge is -2.12. The van der Waals surface area contributed by atoms with E-state index >= 15 is 0 Å². The lowest BCUT2D eigenvalue weighted by Crippen LogP contribution is -2.23. The first kappa shape index (κ1) is 23.2. The summed E-state index contributed by atoms with van der Waals surface area (Å²) in [6, 6.07) is 27.2. The molecule has 7 heteroatoms. The molecule has 0 radical (unpaired) electrons. The van der Waals surface area contributed by atoms with Gasteiger partial charge in [0.15, 0.2) is 0 Å². The highest BCUT2D eigenvalue weighted by Gasteiger charge is 2.16. The maximum atomic E-state index is 13.4. The van der Waals surface area contributed by atoms with Gasteiger partial charge in [0.25, 0.3) is 11.8 Å². The lowest BCUT2D eigenvalue weighted by molar-refractivity contribution is 0.0949. The lowest BCUT2D eigenvalue weighted by atomic mass is 10.0.